The van der Waals surface area contributed by atoms with Gasteiger partial charge in [-0.1, -0.05) is 12.1 Å². The molecule has 0 saturated heterocycles. The summed E-state index contributed by atoms with van der Waals surface area (Å²) in [6, 6.07) is 5.00. The molecule has 2 aromatic rings. The summed E-state index contributed by atoms with van der Waals surface area (Å²) in [6.07, 6.45) is 4.74. The molecule has 3 rings (SSSR count). The van der Waals surface area contributed by atoms with Gasteiger partial charge in [-0.05, 0) is 29.5 Å². The van der Waals surface area contributed by atoms with E-state index in [4.69, 9.17) is 0 Å². The van der Waals surface area contributed by atoms with Gasteiger partial charge in [-0.3, -0.25) is 4.98 Å². The van der Waals surface area contributed by atoms with Crippen LogP contribution in [0.2, 0.25) is 0 Å². The number of halogens is 1. The van der Waals surface area contributed by atoms with Crippen molar-refractivity contribution in [2.24, 2.45) is 0 Å². The molecule has 0 unspecified atom stereocenters. The number of hydrogen-bond donors (Lipinski definition) is 0. The fourth-order valence-electron chi connectivity index (χ4n) is 2.24. The summed E-state index contributed by atoms with van der Waals surface area (Å²) in [5, 5.41) is 2.00. The average molecular weight is 324 g/mol. The van der Waals surface area contributed by atoms with Crippen molar-refractivity contribution in [2.75, 3.05) is 13.1 Å². The number of sulfonamides is 1. The fraction of sp³-hybridized carbons (Fsp3) is 0.214. The Hall–Kier alpha value is -1.57. The zero-order valence-electron chi connectivity index (χ0n) is 11.1. The van der Waals surface area contributed by atoms with Gasteiger partial charge in [0.15, 0.2) is 0 Å². The van der Waals surface area contributed by atoms with Gasteiger partial charge in [0.25, 0.3) is 0 Å². The Morgan fingerprint density at radius 1 is 1.33 bits per heavy atom. The Kier molecular flexibility index (Phi) is 3.88. The van der Waals surface area contributed by atoms with Crippen molar-refractivity contribution in [3.05, 3.63) is 52.7 Å². The SMILES string of the molecule is O=S(=O)(c1cncc(F)c1)N1CC=C(c2cccs2)CC1. The van der Waals surface area contributed by atoms with Gasteiger partial charge in [-0.25, -0.2) is 12.8 Å². The predicted octanol–water partition coefficient (Wildman–Crippen LogP) is 2.76. The van der Waals surface area contributed by atoms with E-state index in [9.17, 15) is 12.8 Å². The van der Waals surface area contributed by atoms with Crippen molar-refractivity contribution in [3.63, 3.8) is 0 Å². The maximum atomic E-state index is 13.2. The van der Waals surface area contributed by atoms with E-state index < -0.39 is 15.8 Å². The Balaban J connectivity index is 1.83. The largest absolute Gasteiger partial charge is 0.260 e. The van der Waals surface area contributed by atoms with Gasteiger partial charge in [0, 0.05) is 24.2 Å². The highest BCUT2D eigenvalue weighted by Crippen LogP contribution is 2.28. The van der Waals surface area contributed by atoms with Crippen LogP contribution in [0.4, 0.5) is 4.39 Å². The van der Waals surface area contributed by atoms with Crippen LogP contribution in [0.25, 0.3) is 5.57 Å². The quantitative estimate of drug-likeness (QED) is 0.872. The molecule has 0 atom stereocenters. The molecule has 0 bridgehead atoms. The first-order valence-corrected chi connectivity index (χ1v) is 8.73. The molecule has 4 nitrogen and oxygen atoms in total. The number of nitrogens with zero attached hydrogens (tertiary/aromatic N) is 2. The topological polar surface area (TPSA) is 50.3 Å². The zero-order chi connectivity index (χ0) is 14.9. The minimum absolute atomic E-state index is 0.101. The molecule has 0 aliphatic carbocycles. The van der Waals surface area contributed by atoms with Crippen molar-refractivity contribution >= 4 is 26.9 Å². The summed E-state index contributed by atoms with van der Waals surface area (Å²) in [7, 11) is -3.69. The summed E-state index contributed by atoms with van der Waals surface area (Å²) in [5.41, 5.74) is 1.16. The van der Waals surface area contributed by atoms with Gasteiger partial charge in [0.1, 0.15) is 10.7 Å². The zero-order valence-corrected chi connectivity index (χ0v) is 12.7. The molecule has 0 spiro atoms. The number of hydrogen-bond acceptors (Lipinski definition) is 4. The Bertz CT molecular complexity index is 770. The highest BCUT2D eigenvalue weighted by atomic mass is 32.2. The lowest BCUT2D eigenvalue weighted by Crippen LogP contribution is -2.34. The molecule has 0 N–H and O–H groups in total. The first-order valence-electron chi connectivity index (χ1n) is 6.41. The summed E-state index contributed by atoms with van der Waals surface area (Å²) in [6.45, 7) is 0.689. The van der Waals surface area contributed by atoms with Crippen molar-refractivity contribution in [1.29, 1.82) is 0 Å². The molecule has 0 fully saturated rings. The van der Waals surface area contributed by atoms with E-state index in [0.29, 0.717) is 19.5 Å². The number of thiophene rings is 1. The van der Waals surface area contributed by atoms with Gasteiger partial charge >= 0.3 is 0 Å². The summed E-state index contributed by atoms with van der Waals surface area (Å²) in [5.74, 6) is -0.650. The second-order valence-corrected chi connectivity index (χ2v) is 7.54. The average Bonchev–Trinajstić information content (AvgIpc) is 3.02. The van der Waals surface area contributed by atoms with E-state index in [-0.39, 0.29) is 4.90 Å². The summed E-state index contributed by atoms with van der Waals surface area (Å²) < 4.78 is 39.4. The lowest BCUT2D eigenvalue weighted by atomic mass is 10.1. The van der Waals surface area contributed by atoms with Crippen LogP contribution in [0.15, 0.2) is 46.9 Å². The number of aromatic nitrogens is 1. The highest BCUT2D eigenvalue weighted by Gasteiger charge is 2.27. The molecular formula is C14H13FN2O2S2. The van der Waals surface area contributed by atoms with E-state index in [1.54, 1.807) is 11.3 Å². The first kappa shape index (κ1) is 14.4. The summed E-state index contributed by atoms with van der Waals surface area (Å²) in [4.78, 5) is 4.67. The Labute approximate surface area is 126 Å². The van der Waals surface area contributed by atoms with Gasteiger partial charge in [0.2, 0.25) is 10.0 Å². The highest BCUT2D eigenvalue weighted by molar-refractivity contribution is 7.89. The van der Waals surface area contributed by atoms with Crippen LogP contribution in [0.3, 0.4) is 0 Å². The molecule has 2 aromatic heterocycles. The number of pyridine rings is 1. The lowest BCUT2D eigenvalue weighted by Gasteiger charge is -2.25. The van der Waals surface area contributed by atoms with Gasteiger partial charge in [-0.2, -0.15) is 4.31 Å². The van der Waals surface area contributed by atoms with Crippen molar-refractivity contribution in [1.82, 2.24) is 9.29 Å². The lowest BCUT2D eigenvalue weighted by molar-refractivity contribution is 0.440. The van der Waals surface area contributed by atoms with Gasteiger partial charge < -0.3 is 0 Å². The monoisotopic (exact) mass is 324 g/mol. The van der Waals surface area contributed by atoms with Gasteiger partial charge in [0.05, 0.1) is 6.20 Å². The van der Waals surface area contributed by atoms with Crippen LogP contribution in [0.1, 0.15) is 11.3 Å². The van der Waals surface area contributed by atoms with Crippen LogP contribution in [0, 0.1) is 5.82 Å². The van der Waals surface area contributed by atoms with E-state index in [1.807, 2.05) is 23.6 Å². The third-order valence-corrected chi connectivity index (χ3v) is 6.10. The van der Waals surface area contributed by atoms with Crippen molar-refractivity contribution < 1.29 is 12.8 Å². The van der Waals surface area contributed by atoms with Crippen molar-refractivity contribution in [2.45, 2.75) is 11.3 Å². The van der Waals surface area contributed by atoms with Crippen molar-refractivity contribution in [3.8, 4) is 0 Å². The van der Waals surface area contributed by atoms with Crippen LogP contribution in [-0.2, 0) is 10.0 Å². The van der Waals surface area contributed by atoms with Crippen LogP contribution >= 0.6 is 11.3 Å². The van der Waals surface area contributed by atoms with Crippen LogP contribution < -0.4 is 0 Å². The Morgan fingerprint density at radius 3 is 2.81 bits per heavy atom. The maximum Gasteiger partial charge on any atom is 0.245 e. The summed E-state index contributed by atoms with van der Waals surface area (Å²) >= 11 is 1.64. The number of rotatable bonds is 3. The molecule has 7 heteroatoms. The normalized spacial score (nSPS) is 16.7. The van der Waals surface area contributed by atoms with Crippen LogP contribution in [0.5, 0.6) is 0 Å². The van der Waals surface area contributed by atoms with Crippen LogP contribution in [-0.4, -0.2) is 30.8 Å². The van der Waals surface area contributed by atoms with Gasteiger partial charge in [-0.15, -0.1) is 11.3 Å². The molecule has 0 saturated carbocycles. The molecule has 1 aliphatic heterocycles. The fourth-order valence-corrected chi connectivity index (χ4v) is 4.39. The second kappa shape index (κ2) is 5.67. The third kappa shape index (κ3) is 2.90. The minimum Gasteiger partial charge on any atom is -0.260 e. The minimum atomic E-state index is -3.69. The molecule has 0 amide bonds. The molecule has 1 aliphatic rings. The molecule has 3 heterocycles. The molecule has 110 valence electrons. The Morgan fingerprint density at radius 2 is 2.19 bits per heavy atom. The second-order valence-electron chi connectivity index (χ2n) is 4.66. The third-order valence-electron chi connectivity index (χ3n) is 3.33. The predicted molar refractivity (Wildman–Crippen MR) is 79.9 cm³/mol. The molecule has 0 radical (unpaired) electrons. The smallest absolute Gasteiger partial charge is 0.245 e. The standard InChI is InChI=1S/C14H13FN2O2S2/c15-12-8-13(10-16-9-12)21(18,19)17-5-3-11(4-6-17)14-2-1-7-20-14/h1-3,7-10H,4-6H2. The van der Waals surface area contributed by atoms with E-state index in [1.165, 1.54) is 15.4 Å². The van der Waals surface area contributed by atoms with E-state index in [0.717, 1.165) is 17.8 Å². The first-order chi connectivity index (χ1) is 10.1. The van der Waals surface area contributed by atoms with E-state index >= 15 is 0 Å². The molecule has 0 aromatic carbocycles. The van der Waals surface area contributed by atoms with E-state index in [2.05, 4.69) is 4.98 Å². The maximum absolute atomic E-state index is 13.2. The molecule has 21 heavy (non-hydrogen) atoms. The molecular weight excluding hydrogens is 311 g/mol.